The molecule has 0 aromatic heterocycles. The van der Waals surface area contributed by atoms with Crippen LogP contribution in [0.15, 0.2) is 89.8 Å². The Kier molecular flexibility index (Phi) is 8.31. The summed E-state index contributed by atoms with van der Waals surface area (Å²) in [5.74, 6) is -0.0449. The van der Waals surface area contributed by atoms with E-state index < -0.39 is 5.97 Å². The fourth-order valence-electron chi connectivity index (χ4n) is 4.56. The van der Waals surface area contributed by atoms with Gasteiger partial charge in [0.1, 0.15) is 12.4 Å². The van der Waals surface area contributed by atoms with E-state index in [2.05, 4.69) is 51.7 Å². The number of piperazine rings is 1. The fourth-order valence-corrected chi connectivity index (χ4v) is 5.73. The van der Waals surface area contributed by atoms with E-state index in [1.165, 1.54) is 15.7 Å². The molecule has 0 bridgehead atoms. The van der Waals surface area contributed by atoms with Crippen LogP contribution in [0.5, 0.6) is 5.75 Å². The molecule has 1 fully saturated rings. The van der Waals surface area contributed by atoms with Gasteiger partial charge >= 0.3 is 5.97 Å². The maximum absolute atomic E-state index is 11.3. The predicted molar refractivity (Wildman–Crippen MR) is 150 cm³/mol. The molecule has 1 aliphatic rings. The molecule has 1 saturated heterocycles. The minimum Gasteiger partial charge on any atom is -0.489 e. The van der Waals surface area contributed by atoms with E-state index in [1.54, 1.807) is 0 Å². The molecule has 5 rings (SSSR count). The Hall–Kier alpha value is -3.03. The Morgan fingerprint density at radius 3 is 2.41 bits per heavy atom. The average molecular weight is 533 g/mol. The van der Waals surface area contributed by atoms with Gasteiger partial charge in [-0.1, -0.05) is 72.3 Å². The highest BCUT2D eigenvalue weighted by Crippen LogP contribution is 2.31. The number of carboxylic acids is 1. The number of carboxylic acid groups (broad SMARTS) is 1. The van der Waals surface area contributed by atoms with Crippen LogP contribution >= 0.6 is 23.5 Å². The van der Waals surface area contributed by atoms with E-state index in [0.717, 1.165) is 55.2 Å². The summed E-state index contributed by atoms with van der Waals surface area (Å²) in [4.78, 5) is 15.0. The van der Waals surface area contributed by atoms with Gasteiger partial charge in [0.05, 0.1) is 6.42 Å². The van der Waals surface area contributed by atoms with Gasteiger partial charge in [-0.05, 0) is 58.1 Å². The standard InChI is InChI=1S/C30H29ClN2O3S/c31-26-11-8-22(9-12-26)21-36-28-13-10-23(19-30(34)35)18-25(28)20-32-14-16-33(17-15-32)37-29-7-3-5-24-4-1-2-6-27(24)29/h1-13,18H,14-17,19-21H2,(H,34,35). The van der Waals surface area contributed by atoms with Gasteiger partial charge in [-0.2, -0.15) is 0 Å². The Morgan fingerprint density at radius 1 is 0.892 bits per heavy atom. The summed E-state index contributed by atoms with van der Waals surface area (Å²) in [5.41, 5.74) is 2.83. The highest BCUT2D eigenvalue weighted by molar-refractivity contribution is 7.97. The molecule has 0 atom stereocenters. The van der Waals surface area contributed by atoms with Crippen molar-refractivity contribution in [2.24, 2.45) is 0 Å². The van der Waals surface area contributed by atoms with Gasteiger partial charge in [-0.25, -0.2) is 4.31 Å². The van der Waals surface area contributed by atoms with Crippen LogP contribution < -0.4 is 4.74 Å². The Bertz CT molecular complexity index is 1370. The van der Waals surface area contributed by atoms with Crippen LogP contribution in [-0.4, -0.2) is 46.5 Å². The van der Waals surface area contributed by atoms with Crippen molar-refractivity contribution in [1.29, 1.82) is 0 Å². The lowest BCUT2D eigenvalue weighted by atomic mass is 10.1. The van der Waals surface area contributed by atoms with Crippen molar-refractivity contribution >= 4 is 40.3 Å². The number of benzene rings is 4. The van der Waals surface area contributed by atoms with Crippen molar-refractivity contribution in [3.05, 3.63) is 107 Å². The highest BCUT2D eigenvalue weighted by atomic mass is 35.5. The number of fused-ring (bicyclic) bond motifs is 1. The quantitative estimate of drug-likeness (QED) is 0.247. The largest absolute Gasteiger partial charge is 0.489 e. The summed E-state index contributed by atoms with van der Waals surface area (Å²) in [6.07, 6.45) is -0.0000852. The number of rotatable bonds is 9. The second kappa shape index (κ2) is 12.0. The zero-order valence-corrected chi connectivity index (χ0v) is 22.0. The SMILES string of the molecule is O=C(O)Cc1ccc(OCc2ccc(Cl)cc2)c(CN2CCN(Sc3cccc4ccccc34)CC2)c1. The molecule has 4 aromatic carbocycles. The smallest absolute Gasteiger partial charge is 0.307 e. The molecular weight excluding hydrogens is 504 g/mol. The third-order valence-corrected chi connectivity index (χ3v) is 7.92. The van der Waals surface area contributed by atoms with Crippen LogP contribution in [-0.2, 0) is 24.4 Å². The summed E-state index contributed by atoms with van der Waals surface area (Å²) in [6, 6.07) is 28.3. The van der Waals surface area contributed by atoms with Crippen LogP contribution in [0.25, 0.3) is 10.8 Å². The van der Waals surface area contributed by atoms with Crippen LogP contribution in [0, 0.1) is 0 Å². The molecule has 0 radical (unpaired) electrons. The minimum absolute atomic E-state index is 0.0000852. The molecule has 7 heteroatoms. The van der Waals surface area contributed by atoms with Crippen LogP contribution in [0.4, 0.5) is 0 Å². The van der Waals surface area contributed by atoms with Gasteiger partial charge in [0.2, 0.25) is 0 Å². The zero-order valence-electron chi connectivity index (χ0n) is 20.5. The fraction of sp³-hybridized carbons (Fsp3) is 0.233. The molecule has 0 spiro atoms. The molecule has 1 heterocycles. The summed E-state index contributed by atoms with van der Waals surface area (Å²) < 4.78 is 8.60. The Morgan fingerprint density at radius 2 is 1.62 bits per heavy atom. The van der Waals surface area contributed by atoms with Crippen LogP contribution in [0.1, 0.15) is 16.7 Å². The van der Waals surface area contributed by atoms with E-state index in [9.17, 15) is 9.90 Å². The number of aliphatic carboxylic acids is 1. The summed E-state index contributed by atoms with van der Waals surface area (Å²) >= 11 is 7.83. The molecule has 0 amide bonds. The molecule has 1 aliphatic heterocycles. The molecule has 0 aliphatic carbocycles. The van der Waals surface area contributed by atoms with E-state index in [1.807, 2.05) is 54.4 Å². The maximum Gasteiger partial charge on any atom is 0.307 e. The van der Waals surface area contributed by atoms with Gasteiger partial charge in [-0.15, -0.1) is 0 Å². The third-order valence-electron chi connectivity index (χ3n) is 6.49. The number of nitrogens with zero attached hydrogens (tertiary/aromatic N) is 2. The summed E-state index contributed by atoms with van der Waals surface area (Å²) in [5, 5.41) is 12.5. The first kappa shape index (κ1) is 25.6. The molecule has 190 valence electrons. The van der Waals surface area contributed by atoms with Crippen LogP contribution in [0.3, 0.4) is 0 Å². The summed E-state index contributed by atoms with van der Waals surface area (Å²) in [6.45, 7) is 4.90. The zero-order chi connectivity index (χ0) is 25.6. The molecule has 4 aromatic rings. The van der Waals surface area contributed by atoms with Crippen molar-refractivity contribution in [2.75, 3.05) is 26.2 Å². The van der Waals surface area contributed by atoms with Gasteiger partial charge in [0, 0.05) is 48.2 Å². The maximum atomic E-state index is 11.3. The summed E-state index contributed by atoms with van der Waals surface area (Å²) in [7, 11) is 0. The number of carbonyl (C=O) groups is 1. The number of halogens is 1. The topological polar surface area (TPSA) is 53.0 Å². The second-order valence-electron chi connectivity index (χ2n) is 9.20. The van der Waals surface area contributed by atoms with Crippen molar-refractivity contribution in [1.82, 2.24) is 9.21 Å². The molecule has 1 N–H and O–H groups in total. The van der Waals surface area contributed by atoms with E-state index in [0.29, 0.717) is 11.6 Å². The minimum atomic E-state index is -0.833. The van der Waals surface area contributed by atoms with Gasteiger partial charge in [0.25, 0.3) is 0 Å². The lowest BCUT2D eigenvalue weighted by Gasteiger charge is -2.34. The Balaban J connectivity index is 1.24. The first-order valence-corrected chi connectivity index (χ1v) is 13.5. The van der Waals surface area contributed by atoms with Gasteiger partial charge < -0.3 is 9.84 Å². The predicted octanol–water partition coefficient (Wildman–Crippen LogP) is 6.52. The van der Waals surface area contributed by atoms with E-state index in [-0.39, 0.29) is 6.42 Å². The molecule has 0 saturated carbocycles. The first-order chi connectivity index (χ1) is 18.0. The highest BCUT2D eigenvalue weighted by Gasteiger charge is 2.20. The lowest BCUT2D eigenvalue weighted by molar-refractivity contribution is -0.136. The van der Waals surface area contributed by atoms with Gasteiger partial charge in [0.15, 0.2) is 0 Å². The molecular formula is C30H29ClN2O3S. The molecule has 0 unspecified atom stereocenters. The number of ether oxygens (including phenoxy) is 1. The van der Waals surface area contributed by atoms with Crippen molar-refractivity contribution in [3.8, 4) is 5.75 Å². The molecule has 5 nitrogen and oxygen atoms in total. The van der Waals surface area contributed by atoms with E-state index in [4.69, 9.17) is 16.3 Å². The number of hydrogen-bond donors (Lipinski definition) is 1. The molecule has 37 heavy (non-hydrogen) atoms. The van der Waals surface area contributed by atoms with E-state index >= 15 is 0 Å². The first-order valence-electron chi connectivity index (χ1n) is 12.4. The second-order valence-corrected chi connectivity index (χ2v) is 10.8. The van der Waals surface area contributed by atoms with Crippen LogP contribution in [0.2, 0.25) is 5.02 Å². The normalized spacial score (nSPS) is 14.6. The third kappa shape index (κ3) is 6.84. The van der Waals surface area contributed by atoms with Crippen molar-refractivity contribution < 1.29 is 14.6 Å². The monoisotopic (exact) mass is 532 g/mol. The Labute approximate surface area is 226 Å². The average Bonchev–Trinajstić information content (AvgIpc) is 2.90. The van der Waals surface area contributed by atoms with Crippen molar-refractivity contribution in [3.63, 3.8) is 0 Å². The van der Waals surface area contributed by atoms with Crippen molar-refractivity contribution in [2.45, 2.75) is 24.5 Å². The van der Waals surface area contributed by atoms with Gasteiger partial charge in [-0.3, -0.25) is 9.69 Å². The number of hydrogen-bond acceptors (Lipinski definition) is 5. The lowest BCUT2D eigenvalue weighted by Crippen LogP contribution is -2.42.